The third kappa shape index (κ3) is 5.27. The van der Waals surface area contributed by atoms with Crippen LogP contribution in [-0.4, -0.2) is 50.9 Å². The molecule has 0 aromatic rings. The van der Waals surface area contributed by atoms with Gasteiger partial charge in [-0.15, -0.1) is 0 Å². The number of hydrogen-bond acceptors (Lipinski definition) is 8. The van der Waals surface area contributed by atoms with E-state index < -0.39 is 29.2 Å². The predicted molar refractivity (Wildman–Crippen MR) is 80.4 cm³/mol. The van der Waals surface area contributed by atoms with Gasteiger partial charge in [0.15, 0.2) is 0 Å². The van der Waals surface area contributed by atoms with Gasteiger partial charge in [0.05, 0.1) is 6.04 Å². The molecule has 0 aliphatic heterocycles. The SMILES string of the molecule is CC(CCC(N)(CS)C(=O)O)N=NC(N)(CS)C(=O)O. The number of nitrogens with two attached hydrogens (primary N) is 2. The first-order valence-corrected chi connectivity index (χ1v) is 7.06. The van der Waals surface area contributed by atoms with Gasteiger partial charge in [0, 0.05) is 11.5 Å². The number of carboxylic acids is 2. The number of carboxylic acid groups (broad SMARTS) is 2. The van der Waals surface area contributed by atoms with E-state index in [4.69, 9.17) is 21.7 Å². The zero-order valence-electron chi connectivity index (χ0n) is 11.1. The largest absolute Gasteiger partial charge is 0.480 e. The fraction of sp³-hybridized carbons (Fsp3) is 0.800. The molecule has 0 saturated carbocycles. The van der Waals surface area contributed by atoms with Crippen LogP contribution in [0.3, 0.4) is 0 Å². The molecule has 0 radical (unpaired) electrons. The Hall–Kier alpha value is -0.840. The van der Waals surface area contributed by atoms with Crippen LogP contribution in [0, 0.1) is 0 Å². The van der Waals surface area contributed by atoms with Gasteiger partial charge in [-0.3, -0.25) is 10.5 Å². The fourth-order valence-electron chi connectivity index (χ4n) is 1.12. The van der Waals surface area contributed by atoms with Crippen LogP contribution in [0.15, 0.2) is 10.2 Å². The van der Waals surface area contributed by atoms with Gasteiger partial charge in [-0.25, -0.2) is 4.79 Å². The summed E-state index contributed by atoms with van der Waals surface area (Å²) < 4.78 is 0. The van der Waals surface area contributed by atoms with Gasteiger partial charge >= 0.3 is 11.9 Å². The van der Waals surface area contributed by atoms with Crippen LogP contribution in [0.25, 0.3) is 0 Å². The molecule has 3 atom stereocenters. The Kier molecular flexibility index (Phi) is 7.49. The van der Waals surface area contributed by atoms with Gasteiger partial charge in [0.2, 0.25) is 5.66 Å². The van der Waals surface area contributed by atoms with Crippen molar-refractivity contribution in [1.29, 1.82) is 0 Å². The number of nitrogens with zero attached hydrogens (tertiary/aromatic N) is 2. The van der Waals surface area contributed by atoms with Gasteiger partial charge in [0.25, 0.3) is 0 Å². The molecule has 0 amide bonds. The molecule has 6 N–H and O–H groups in total. The molecule has 10 heteroatoms. The second-order valence-electron chi connectivity index (χ2n) is 4.61. The van der Waals surface area contributed by atoms with Gasteiger partial charge in [-0.05, 0) is 19.8 Å². The van der Waals surface area contributed by atoms with Gasteiger partial charge in [-0.2, -0.15) is 35.5 Å². The monoisotopic (exact) mass is 324 g/mol. The van der Waals surface area contributed by atoms with Crippen LogP contribution in [0.4, 0.5) is 0 Å². The van der Waals surface area contributed by atoms with Gasteiger partial charge < -0.3 is 15.9 Å². The first-order valence-electron chi connectivity index (χ1n) is 5.79. The van der Waals surface area contributed by atoms with Crippen LogP contribution >= 0.6 is 25.3 Å². The Morgan fingerprint density at radius 1 is 1.20 bits per heavy atom. The van der Waals surface area contributed by atoms with E-state index in [2.05, 4.69) is 35.5 Å². The summed E-state index contributed by atoms with van der Waals surface area (Å²) in [5.41, 5.74) is 7.82. The summed E-state index contributed by atoms with van der Waals surface area (Å²) >= 11 is 7.73. The van der Waals surface area contributed by atoms with E-state index in [-0.39, 0.29) is 17.9 Å². The number of carbonyl (C=O) groups is 2. The first-order chi connectivity index (χ1) is 9.11. The Morgan fingerprint density at radius 3 is 2.10 bits per heavy atom. The minimum Gasteiger partial charge on any atom is -0.480 e. The van der Waals surface area contributed by atoms with Crippen molar-refractivity contribution in [2.24, 2.45) is 21.7 Å². The second kappa shape index (κ2) is 7.81. The molecule has 0 heterocycles. The summed E-state index contributed by atoms with van der Waals surface area (Å²) in [4.78, 5) is 21.9. The molecule has 0 aromatic heterocycles. The van der Waals surface area contributed by atoms with E-state index in [0.717, 1.165) is 0 Å². The fourth-order valence-corrected chi connectivity index (χ4v) is 1.61. The number of azo groups is 1. The molecule has 8 nitrogen and oxygen atoms in total. The van der Waals surface area contributed by atoms with Gasteiger partial charge in [-0.1, -0.05) is 0 Å². The molecule has 0 fully saturated rings. The number of rotatable bonds is 9. The molecular weight excluding hydrogens is 304 g/mol. The maximum atomic E-state index is 11.0. The maximum Gasteiger partial charge on any atom is 0.349 e. The highest BCUT2D eigenvalue weighted by Gasteiger charge is 2.34. The molecule has 0 aromatic carbocycles. The highest BCUT2D eigenvalue weighted by Crippen LogP contribution is 2.16. The predicted octanol–water partition coefficient (Wildman–Crippen LogP) is -0.0114. The highest BCUT2D eigenvalue weighted by atomic mass is 32.1. The minimum absolute atomic E-state index is 0.0151. The summed E-state index contributed by atoms with van der Waals surface area (Å²) in [5.74, 6) is -2.70. The Labute approximate surface area is 127 Å². The van der Waals surface area contributed by atoms with E-state index in [1.165, 1.54) is 0 Å². The molecule has 0 aliphatic rings. The minimum atomic E-state index is -1.88. The standard InChI is InChI=1S/C10H20N4O4S2/c1-6(2-3-9(11,4-19)7(15)16)13-14-10(12,5-20)8(17)18/h6,19-20H,2-5,11-12H2,1H3,(H,15,16)(H,17,18). The highest BCUT2D eigenvalue weighted by molar-refractivity contribution is 7.80. The molecule has 0 rings (SSSR count). The van der Waals surface area contributed by atoms with E-state index in [0.29, 0.717) is 6.42 Å². The third-order valence-electron chi connectivity index (χ3n) is 2.76. The molecule has 3 unspecified atom stereocenters. The third-order valence-corrected chi connectivity index (χ3v) is 3.81. The first kappa shape index (κ1) is 19.2. The van der Waals surface area contributed by atoms with Crippen LogP contribution in [0.2, 0.25) is 0 Å². The zero-order chi connectivity index (χ0) is 16.0. The average Bonchev–Trinajstić information content (AvgIpc) is 2.41. The average molecular weight is 324 g/mol. The van der Waals surface area contributed by atoms with Crippen LogP contribution < -0.4 is 11.5 Å². The van der Waals surface area contributed by atoms with Gasteiger partial charge in [0.1, 0.15) is 5.54 Å². The molecule has 20 heavy (non-hydrogen) atoms. The molecule has 0 spiro atoms. The van der Waals surface area contributed by atoms with Crippen molar-refractivity contribution < 1.29 is 19.8 Å². The van der Waals surface area contributed by atoms with E-state index in [1.54, 1.807) is 6.92 Å². The summed E-state index contributed by atoms with van der Waals surface area (Å²) in [6.45, 7) is 1.66. The topological polar surface area (TPSA) is 151 Å². The molecule has 0 saturated heterocycles. The van der Waals surface area contributed by atoms with Crippen molar-refractivity contribution in [1.82, 2.24) is 0 Å². The maximum absolute atomic E-state index is 11.0. The Bertz CT molecular complexity index is 395. The molecular formula is C10H20N4O4S2. The van der Waals surface area contributed by atoms with Crippen LogP contribution in [0.1, 0.15) is 19.8 Å². The van der Waals surface area contributed by atoms with E-state index in [9.17, 15) is 9.59 Å². The lowest BCUT2D eigenvalue weighted by molar-refractivity contribution is -0.143. The zero-order valence-corrected chi connectivity index (χ0v) is 12.8. The number of hydrogen-bond donors (Lipinski definition) is 6. The molecule has 0 aliphatic carbocycles. The number of aliphatic carboxylic acids is 2. The van der Waals surface area contributed by atoms with Crippen LogP contribution in [-0.2, 0) is 9.59 Å². The van der Waals surface area contributed by atoms with Crippen molar-refractivity contribution in [3.8, 4) is 0 Å². The smallest absolute Gasteiger partial charge is 0.349 e. The van der Waals surface area contributed by atoms with Crippen molar-refractivity contribution >= 4 is 37.2 Å². The Morgan fingerprint density at radius 2 is 1.75 bits per heavy atom. The summed E-state index contributed by atoms with van der Waals surface area (Å²) in [7, 11) is 0. The Balaban J connectivity index is 4.61. The lowest BCUT2D eigenvalue weighted by atomic mass is 9.95. The quantitative estimate of drug-likeness (QED) is 0.259. The normalized spacial score (nSPS) is 19.2. The van der Waals surface area contributed by atoms with Crippen molar-refractivity contribution in [3.05, 3.63) is 0 Å². The second-order valence-corrected chi connectivity index (χ2v) is 5.24. The van der Waals surface area contributed by atoms with E-state index in [1.807, 2.05) is 0 Å². The van der Waals surface area contributed by atoms with E-state index >= 15 is 0 Å². The lowest BCUT2D eigenvalue weighted by Crippen LogP contribution is -2.50. The van der Waals surface area contributed by atoms with Crippen molar-refractivity contribution in [2.45, 2.75) is 37.0 Å². The lowest BCUT2D eigenvalue weighted by Gasteiger charge is -2.23. The van der Waals surface area contributed by atoms with Crippen molar-refractivity contribution in [3.63, 3.8) is 0 Å². The number of thiol groups is 2. The van der Waals surface area contributed by atoms with Crippen molar-refractivity contribution in [2.75, 3.05) is 11.5 Å². The molecule has 116 valence electrons. The summed E-state index contributed by atoms with van der Waals surface area (Å²) in [6, 6.07) is -0.417. The summed E-state index contributed by atoms with van der Waals surface area (Å²) in [5, 5.41) is 25.2. The summed E-state index contributed by atoms with van der Waals surface area (Å²) in [6.07, 6.45) is 0.451. The van der Waals surface area contributed by atoms with Crippen LogP contribution in [0.5, 0.6) is 0 Å². The molecule has 0 bridgehead atoms.